The van der Waals surface area contributed by atoms with E-state index in [0.29, 0.717) is 17.1 Å². The van der Waals surface area contributed by atoms with Crippen LogP contribution in [0.2, 0.25) is 0 Å². The van der Waals surface area contributed by atoms with E-state index < -0.39 is 11.9 Å². The van der Waals surface area contributed by atoms with Crippen LogP contribution in [0.4, 0.5) is 11.5 Å². The van der Waals surface area contributed by atoms with Gasteiger partial charge in [-0.2, -0.15) is 0 Å². The number of rotatable bonds is 4. The molecule has 1 amide bonds. The van der Waals surface area contributed by atoms with Gasteiger partial charge in [-0.3, -0.25) is 4.79 Å². The van der Waals surface area contributed by atoms with E-state index in [4.69, 9.17) is 10.8 Å². The maximum atomic E-state index is 10.9. The lowest BCUT2D eigenvalue weighted by atomic mass is 10.2. The number of nitrogens with two attached hydrogens (primary N) is 1. The number of carbonyl (C=O) groups excluding carboxylic acids is 1. The zero-order chi connectivity index (χ0) is 13.8. The summed E-state index contributed by atoms with van der Waals surface area (Å²) in [6.07, 6.45) is 2.47. The molecule has 0 aliphatic heterocycles. The van der Waals surface area contributed by atoms with E-state index >= 15 is 0 Å². The second-order valence-electron chi connectivity index (χ2n) is 3.66. The topological polar surface area (TPSA) is 118 Å². The predicted molar refractivity (Wildman–Crippen MR) is 67.2 cm³/mol. The van der Waals surface area contributed by atoms with E-state index in [1.807, 2.05) is 0 Å². The average molecular weight is 258 g/mol. The van der Waals surface area contributed by atoms with Crippen molar-refractivity contribution >= 4 is 23.4 Å². The summed E-state index contributed by atoms with van der Waals surface area (Å²) in [4.78, 5) is 29.1. The van der Waals surface area contributed by atoms with Gasteiger partial charge in [-0.1, -0.05) is 0 Å². The summed E-state index contributed by atoms with van der Waals surface area (Å²) in [7, 11) is 0. The molecule has 7 nitrogen and oxygen atoms in total. The highest BCUT2D eigenvalue weighted by atomic mass is 16.4. The number of nitrogens with one attached hydrogen (secondary N) is 1. The van der Waals surface area contributed by atoms with Gasteiger partial charge in [0.25, 0.3) is 0 Å². The number of benzene rings is 1. The minimum Gasteiger partial charge on any atom is -0.476 e. The third kappa shape index (κ3) is 3.03. The molecule has 0 aliphatic carbocycles. The van der Waals surface area contributed by atoms with Crippen LogP contribution in [0.1, 0.15) is 20.8 Å². The molecule has 0 saturated carbocycles. The van der Waals surface area contributed by atoms with Gasteiger partial charge >= 0.3 is 5.97 Å². The molecule has 0 fully saturated rings. The second kappa shape index (κ2) is 5.13. The fourth-order valence-corrected chi connectivity index (χ4v) is 1.37. The first-order chi connectivity index (χ1) is 9.06. The molecule has 96 valence electrons. The summed E-state index contributed by atoms with van der Waals surface area (Å²) in [6, 6.07) is 6.47. The van der Waals surface area contributed by atoms with Crippen molar-refractivity contribution in [2.45, 2.75) is 0 Å². The second-order valence-corrected chi connectivity index (χ2v) is 3.66. The van der Waals surface area contributed by atoms with Crippen molar-refractivity contribution in [2.75, 3.05) is 5.32 Å². The van der Waals surface area contributed by atoms with Crippen LogP contribution in [-0.2, 0) is 0 Å². The standard InChI is InChI=1S/C12H10N4O3/c13-11(17)7-1-3-8(4-2-7)16-10-6-14-9(5-15-10)12(18)19/h1-6H,(H2,13,17)(H,15,16)(H,18,19). The number of hydrogen-bond donors (Lipinski definition) is 3. The van der Waals surface area contributed by atoms with E-state index in [0.717, 1.165) is 6.20 Å². The van der Waals surface area contributed by atoms with Gasteiger partial charge in [-0.05, 0) is 24.3 Å². The van der Waals surface area contributed by atoms with Gasteiger partial charge in [0.05, 0.1) is 12.4 Å². The molecule has 4 N–H and O–H groups in total. The van der Waals surface area contributed by atoms with Crippen molar-refractivity contribution in [3.63, 3.8) is 0 Å². The van der Waals surface area contributed by atoms with Crippen LogP contribution in [0.3, 0.4) is 0 Å². The van der Waals surface area contributed by atoms with Crippen LogP contribution >= 0.6 is 0 Å². The third-order valence-electron chi connectivity index (χ3n) is 2.31. The zero-order valence-corrected chi connectivity index (χ0v) is 9.70. The Morgan fingerprint density at radius 1 is 1.11 bits per heavy atom. The highest BCUT2D eigenvalue weighted by Crippen LogP contribution is 2.14. The molecule has 1 aromatic heterocycles. The van der Waals surface area contributed by atoms with Crippen molar-refractivity contribution in [3.05, 3.63) is 47.9 Å². The van der Waals surface area contributed by atoms with Gasteiger partial charge in [-0.15, -0.1) is 0 Å². The smallest absolute Gasteiger partial charge is 0.356 e. The Morgan fingerprint density at radius 3 is 2.26 bits per heavy atom. The Bertz CT molecular complexity index is 552. The molecule has 2 rings (SSSR count). The Balaban J connectivity index is 2.12. The van der Waals surface area contributed by atoms with Gasteiger partial charge < -0.3 is 16.2 Å². The molecule has 0 aliphatic rings. The molecule has 2 aromatic rings. The van der Waals surface area contributed by atoms with Crippen molar-refractivity contribution in [3.8, 4) is 0 Å². The average Bonchev–Trinajstić information content (AvgIpc) is 2.40. The molecule has 0 atom stereocenters. The summed E-state index contributed by atoms with van der Waals surface area (Å²) < 4.78 is 0. The lowest BCUT2D eigenvalue weighted by molar-refractivity contribution is 0.0690. The van der Waals surface area contributed by atoms with Crippen molar-refractivity contribution < 1.29 is 14.7 Å². The molecular formula is C12H10N4O3. The Labute approximate surface area is 108 Å². The zero-order valence-electron chi connectivity index (χ0n) is 9.70. The summed E-state index contributed by atoms with van der Waals surface area (Å²) in [6.45, 7) is 0. The van der Waals surface area contributed by atoms with E-state index in [2.05, 4.69) is 15.3 Å². The van der Waals surface area contributed by atoms with Gasteiger partial charge in [0.1, 0.15) is 5.82 Å². The van der Waals surface area contributed by atoms with Crippen LogP contribution in [0.25, 0.3) is 0 Å². The van der Waals surface area contributed by atoms with Crippen LogP contribution < -0.4 is 11.1 Å². The number of aromatic nitrogens is 2. The normalized spacial score (nSPS) is 9.89. The number of carboxylic acid groups (broad SMARTS) is 1. The Kier molecular flexibility index (Phi) is 3.37. The highest BCUT2D eigenvalue weighted by Gasteiger charge is 2.05. The molecule has 0 spiro atoms. The third-order valence-corrected chi connectivity index (χ3v) is 2.31. The van der Waals surface area contributed by atoms with Gasteiger partial charge in [-0.25, -0.2) is 14.8 Å². The molecule has 1 aromatic carbocycles. The summed E-state index contributed by atoms with van der Waals surface area (Å²) in [5.74, 6) is -1.24. The van der Waals surface area contributed by atoms with Crippen molar-refractivity contribution in [1.29, 1.82) is 0 Å². The van der Waals surface area contributed by atoms with Crippen LogP contribution in [-0.4, -0.2) is 27.0 Å². The number of amides is 1. The fourth-order valence-electron chi connectivity index (χ4n) is 1.37. The predicted octanol–water partition coefficient (Wildman–Crippen LogP) is 1.02. The molecule has 0 saturated heterocycles. The largest absolute Gasteiger partial charge is 0.476 e. The number of aromatic carboxylic acids is 1. The quantitative estimate of drug-likeness (QED) is 0.753. The lowest BCUT2D eigenvalue weighted by Crippen LogP contribution is -2.10. The first kappa shape index (κ1) is 12.5. The van der Waals surface area contributed by atoms with Gasteiger partial charge in [0.2, 0.25) is 5.91 Å². The number of anilines is 2. The number of carbonyl (C=O) groups is 2. The molecule has 0 radical (unpaired) electrons. The SMILES string of the molecule is NC(=O)c1ccc(Nc2cnc(C(=O)O)cn2)cc1. The summed E-state index contributed by atoms with van der Waals surface area (Å²) >= 11 is 0. The van der Waals surface area contributed by atoms with E-state index in [-0.39, 0.29) is 5.69 Å². The number of hydrogen-bond acceptors (Lipinski definition) is 5. The Hall–Kier alpha value is -2.96. The number of nitrogens with zero attached hydrogens (tertiary/aromatic N) is 2. The molecule has 7 heteroatoms. The number of carboxylic acids is 1. The fraction of sp³-hybridized carbons (Fsp3) is 0. The minimum atomic E-state index is -1.13. The summed E-state index contributed by atoms with van der Waals surface area (Å²) in [5, 5.41) is 11.6. The molecule has 19 heavy (non-hydrogen) atoms. The highest BCUT2D eigenvalue weighted by molar-refractivity contribution is 5.93. The van der Waals surface area contributed by atoms with Crippen molar-refractivity contribution in [1.82, 2.24) is 9.97 Å². The monoisotopic (exact) mass is 258 g/mol. The summed E-state index contributed by atoms with van der Waals surface area (Å²) in [5.41, 5.74) is 6.08. The first-order valence-corrected chi connectivity index (χ1v) is 5.28. The lowest BCUT2D eigenvalue weighted by Gasteiger charge is -2.05. The van der Waals surface area contributed by atoms with Crippen LogP contribution in [0.5, 0.6) is 0 Å². The number of primary amides is 1. The van der Waals surface area contributed by atoms with Crippen LogP contribution in [0.15, 0.2) is 36.7 Å². The molecule has 0 bridgehead atoms. The Morgan fingerprint density at radius 2 is 1.79 bits per heavy atom. The van der Waals surface area contributed by atoms with Gasteiger partial charge in [0.15, 0.2) is 5.69 Å². The van der Waals surface area contributed by atoms with E-state index in [9.17, 15) is 9.59 Å². The van der Waals surface area contributed by atoms with E-state index in [1.165, 1.54) is 6.20 Å². The maximum Gasteiger partial charge on any atom is 0.356 e. The first-order valence-electron chi connectivity index (χ1n) is 5.28. The maximum absolute atomic E-state index is 10.9. The van der Waals surface area contributed by atoms with Gasteiger partial charge in [0, 0.05) is 11.3 Å². The van der Waals surface area contributed by atoms with E-state index in [1.54, 1.807) is 24.3 Å². The molecule has 1 heterocycles. The van der Waals surface area contributed by atoms with Crippen molar-refractivity contribution in [2.24, 2.45) is 5.73 Å². The molecule has 0 unspecified atom stereocenters. The molecular weight excluding hydrogens is 248 g/mol. The minimum absolute atomic E-state index is 0.130. The van der Waals surface area contributed by atoms with Crippen LogP contribution in [0, 0.1) is 0 Å².